The van der Waals surface area contributed by atoms with Crippen molar-refractivity contribution in [2.45, 2.75) is 39.0 Å². The fourth-order valence-electron chi connectivity index (χ4n) is 1.23. The van der Waals surface area contributed by atoms with Gasteiger partial charge in [0.2, 0.25) is 10.0 Å². The number of halogens is 1. The van der Waals surface area contributed by atoms with Crippen molar-refractivity contribution in [1.82, 2.24) is 4.31 Å². The molecule has 0 atom stereocenters. The Balaban J connectivity index is 3.84. The molecule has 15 heavy (non-hydrogen) atoms. The maximum absolute atomic E-state index is 11.7. The van der Waals surface area contributed by atoms with Crippen LogP contribution in [0.5, 0.6) is 0 Å². The van der Waals surface area contributed by atoms with Crippen molar-refractivity contribution in [3.8, 4) is 0 Å². The fourth-order valence-corrected chi connectivity index (χ4v) is 3.06. The molecule has 5 heteroatoms. The first-order valence-electron chi connectivity index (χ1n) is 5.54. The summed E-state index contributed by atoms with van der Waals surface area (Å²) in [6.07, 6.45) is 4.92. The van der Waals surface area contributed by atoms with E-state index in [2.05, 4.69) is 29.5 Å². The van der Waals surface area contributed by atoms with Crippen molar-refractivity contribution >= 4 is 32.6 Å². The first-order chi connectivity index (χ1) is 7.04. The lowest BCUT2D eigenvalue weighted by Crippen LogP contribution is -2.30. The van der Waals surface area contributed by atoms with Gasteiger partial charge in [0.25, 0.3) is 0 Å². The summed E-state index contributed by atoms with van der Waals surface area (Å²) in [7, 11) is -1.30. The van der Waals surface area contributed by atoms with Crippen molar-refractivity contribution < 1.29 is 8.42 Å². The van der Waals surface area contributed by atoms with Gasteiger partial charge in [-0.25, -0.2) is 12.7 Å². The smallest absolute Gasteiger partial charge is 0.212 e. The summed E-state index contributed by atoms with van der Waals surface area (Å²) < 4.78 is 26.1. The van der Waals surface area contributed by atoms with E-state index >= 15 is 0 Å². The molecule has 0 bridgehead atoms. The fraction of sp³-hybridized carbons (Fsp3) is 1.00. The third-order valence-electron chi connectivity index (χ3n) is 2.34. The van der Waals surface area contributed by atoms with Crippen LogP contribution in [-0.4, -0.2) is 36.5 Å². The van der Waals surface area contributed by atoms with Crippen molar-refractivity contribution in [3.63, 3.8) is 0 Å². The van der Waals surface area contributed by atoms with Crippen LogP contribution in [0.25, 0.3) is 0 Å². The predicted molar refractivity (Wildman–Crippen MR) is 74.1 cm³/mol. The van der Waals surface area contributed by atoms with Crippen LogP contribution in [0.1, 0.15) is 39.0 Å². The zero-order chi connectivity index (χ0) is 11.7. The molecule has 92 valence electrons. The maximum atomic E-state index is 11.7. The maximum Gasteiger partial charge on any atom is 0.213 e. The molecule has 0 N–H and O–H groups in total. The van der Waals surface area contributed by atoms with Crippen molar-refractivity contribution in [3.05, 3.63) is 0 Å². The summed E-state index contributed by atoms with van der Waals surface area (Å²) in [5.74, 6) is 0.309. The standard InChI is InChI=1S/C10H22INO2S/c1-3-4-9-12(2)15(13,14)10-7-5-6-8-11/h3-10H2,1-2H3. The molecule has 0 heterocycles. The minimum absolute atomic E-state index is 0.309. The zero-order valence-corrected chi connectivity index (χ0v) is 12.7. The average Bonchev–Trinajstić information content (AvgIpc) is 2.21. The van der Waals surface area contributed by atoms with Crippen molar-refractivity contribution in [2.75, 3.05) is 23.8 Å². The number of alkyl halides is 1. The van der Waals surface area contributed by atoms with Gasteiger partial charge in [-0.05, 0) is 23.7 Å². The molecule has 0 fully saturated rings. The SMILES string of the molecule is CCCCN(C)S(=O)(=O)CCCCCI. The Morgan fingerprint density at radius 3 is 2.33 bits per heavy atom. The van der Waals surface area contributed by atoms with Crippen LogP contribution in [0.15, 0.2) is 0 Å². The number of rotatable bonds is 9. The van der Waals surface area contributed by atoms with Gasteiger partial charge in [0.15, 0.2) is 0 Å². The number of unbranched alkanes of at least 4 members (excludes halogenated alkanes) is 3. The van der Waals surface area contributed by atoms with E-state index in [1.807, 2.05) is 0 Å². The molecule has 0 saturated carbocycles. The number of sulfonamides is 1. The first-order valence-corrected chi connectivity index (χ1v) is 8.68. The highest BCUT2D eigenvalue weighted by molar-refractivity contribution is 14.1. The minimum atomic E-state index is -2.98. The molecule has 0 aromatic rings. The van der Waals surface area contributed by atoms with Crippen LogP contribution in [-0.2, 0) is 10.0 Å². The number of hydrogen-bond acceptors (Lipinski definition) is 2. The second-order valence-corrected chi connectivity index (χ2v) is 7.01. The van der Waals surface area contributed by atoms with E-state index < -0.39 is 10.0 Å². The predicted octanol–water partition coefficient (Wildman–Crippen LogP) is 2.65. The Hall–Kier alpha value is 0.640. The van der Waals surface area contributed by atoms with Crippen LogP contribution in [0.2, 0.25) is 0 Å². The van der Waals surface area contributed by atoms with Gasteiger partial charge in [-0.2, -0.15) is 0 Å². The van der Waals surface area contributed by atoms with E-state index in [1.54, 1.807) is 7.05 Å². The second-order valence-electron chi connectivity index (χ2n) is 3.74. The van der Waals surface area contributed by atoms with Gasteiger partial charge in [0.05, 0.1) is 5.75 Å². The van der Waals surface area contributed by atoms with Gasteiger partial charge in [-0.3, -0.25) is 0 Å². The zero-order valence-electron chi connectivity index (χ0n) is 9.71. The van der Waals surface area contributed by atoms with Crippen LogP contribution in [0.4, 0.5) is 0 Å². The topological polar surface area (TPSA) is 37.4 Å². The van der Waals surface area contributed by atoms with E-state index in [4.69, 9.17) is 0 Å². The van der Waals surface area contributed by atoms with Gasteiger partial charge in [0.1, 0.15) is 0 Å². The molecule has 0 aliphatic rings. The highest BCUT2D eigenvalue weighted by Crippen LogP contribution is 2.06. The molecule has 0 rings (SSSR count). The molecule has 0 aliphatic heterocycles. The lowest BCUT2D eigenvalue weighted by Gasteiger charge is -2.16. The van der Waals surface area contributed by atoms with Crippen LogP contribution in [0, 0.1) is 0 Å². The molecule has 0 aromatic carbocycles. The average molecular weight is 347 g/mol. The Bertz CT molecular complexity index is 242. The highest BCUT2D eigenvalue weighted by Gasteiger charge is 2.15. The highest BCUT2D eigenvalue weighted by atomic mass is 127. The Kier molecular flexibility index (Phi) is 9.13. The molecule has 0 aliphatic carbocycles. The molecule has 0 spiro atoms. The van der Waals surface area contributed by atoms with Crippen LogP contribution in [0.3, 0.4) is 0 Å². The summed E-state index contributed by atoms with van der Waals surface area (Å²) in [6.45, 7) is 2.73. The van der Waals surface area contributed by atoms with Gasteiger partial charge >= 0.3 is 0 Å². The van der Waals surface area contributed by atoms with Crippen LogP contribution >= 0.6 is 22.6 Å². The van der Waals surface area contributed by atoms with Crippen molar-refractivity contribution in [2.24, 2.45) is 0 Å². The summed E-state index contributed by atoms with van der Waals surface area (Å²) in [5.41, 5.74) is 0. The largest absolute Gasteiger partial charge is 0.213 e. The molecule has 0 aromatic heterocycles. The first kappa shape index (κ1) is 15.6. The molecular weight excluding hydrogens is 325 g/mol. The van der Waals surface area contributed by atoms with E-state index in [-0.39, 0.29) is 0 Å². The molecule has 0 saturated heterocycles. The molecular formula is C10H22INO2S. The molecule has 0 radical (unpaired) electrons. The van der Waals surface area contributed by atoms with Crippen LogP contribution < -0.4 is 0 Å². The normalized spacial score (nSPS) is 12.3. The van der Waals surface area contributed by atoms with E-state index in [0.717, 1.165) is 36.5 Å². The van der Waals surface area contributed by atoms with Gasteiger partial charge in [-0.15, -0.1) is 0 Å². The van der Waals surface area contributed by atoms with E-state index in [0.29, 0.717) is 12.3 Å². The second kappa shape index (κ2) is 8.75. The summed E-state index contributed by atoms with van der Waals surface area (Å²) in [5, 5.41) is 0. The lowest BCUT2D eigenvalue weighted by atomic mass is 10.3. The minimum Gasteiger partial charge on any atom is -0.212 e. The van der Waals surface area contributed by atoms with E-state index in [1.165, 1.54) is 4.31 Å². The summed E-state index contributed by atoms with van der Waals surface area (Å²) in [4.78, 5) is 0. The van der Waals surface area contributed by atoms with E-state index in [9.17, 15) is 8.42 Å². The van der Waals surface area contributed by atoms with Gasteiger partial charge in [-0.1, -0.05) is 42.4 Å². The Morgan fingerprint density at radius 2 is 1.80 bits per heavy atom. The third kappa shape index (κ3) is 7.52. The quantitative estimate of drug-likeness (QED) is 0.365. The third-order valence-corrected chi connectivity index (χ3v) is 5.04. The summed E-state index contributed by atoms with van der Waals surface area (Å²) >= 11 is 2.32. The number of nitrogens with zero attached hydrogens (tertiary/aromatic N) is 1. The monoisotopic (exact) mass is 347 g/mol. The Morgan fingerprint density at radius 1 is 1.13 bits per heavy atom. The van der Waals surface area contributed by atoms with Gasteiger partial charge in [0, 0.05) is 13.6 Å². The Labute approximate surface area is 108 Å². The molecule has 0 unspecified atom stereocenters. The number of hydrogen-bond donors (Lipinski definition) is 0. The molecule has 3 nitrogen and oxygen atoms in total. The summed E-state index contributed by atoms with van der Waals surface area (Å²) in [6, 6.07) is 0. The van der Waals surface area contributed by atoms with Gasteiger partial charge < -0.3 is 0 Å². The van der Waals surface area contributed by atoms with Crippen molar-refractivity contribution in [1.29, 1.82) is 0 Å². The lowest BCUT2D eigenvalue weighted by molar-refractivity contribution is 0.457. The molecule has 0 amide bonds.